The van der Waals surface area contributed by atoms with Crippen LogP contribution in [0.3, 0.4) is 0 Å². The van der Waals surface area contributed by atoms with Crippen LogP contribution >= 0.6 is 0 Å². The summed E-state index contributed by atoms with van der Waals surface area (Å²) >= 11 is 0. The van der Waals surface area contributed by atoms with Crippen LogP contribution in [-0.2, 0) is 24.2 Å². The summed E-state index contributed by atoms with van der Waals surface area (Å²) in [6.45, 7) is 2.49. The summed E-state index contributed by atoms with van der Waals surface area (Å²) in [6, 6.07) is 21.1. The number of aryl methyl sites for hydroxylation is 2. The topological polar surface area (TPSA) is 58.6 Å². The molecule has 0 saturated carbocycles. The Hall–Kier alpha value is -3.60. The van der Waals surface area contributed by atoms with Crippen LogP contribution in [0, 0.1) is 6.92 Å². The Balaban J connectivity index is 1.45. The zero-order chi connectivity index (χ0) is 23.7. The molecule has 174 valence electrons. The van der Waals surface area contributed by atoms with E-state index in [0.29, 0.717) is 24.3 Å². The van der Waals surface area contributed by atoms with Crippen LogP contribution in [0.25, 0.3) is 0 Å². The highest BCUT2D eigenvalue weighted by atomic mass is 16.5. The van der Waals surface area contributed by atoms with Gasteiger partial charge in [-0.1, -0.05) is 54.1 Å². The summed E-state index contributed by atoms with van der Waals surface area (Å²) in [7, 11) is 1.58. The molecular formula is C29H30N2O3. The van der Waals surface area contributed by atoms with E-state index in [4.69, 9.17) is 4.74 Å². The Bertz CT molecular complexity index is 1240. The first-order chi connectivity index (χ1) is 16.5. The number of nitrogens with zero attached hydrogens (tertiary/aromatic N) is 1. The summed E-state index contributed by atoms with van der Waals surface area (Å²) in [6.07, 6.45) is 3.50. The van der Waals surface area contributed by atoms with Crippen LogP contribution in [-0.4, -0.2) is 29.9 Å². The lowest BCUT2D eigenvalue weighted by atomic mass is 9.86. The number of carbonyl (C=O) groups excluding carboxylic acids is 2. The highest BCUT2D eigenvalue weighted by Gasteiger charge is 2.36. The van der Waals surface area contributed by atoms with Crippen LogP contribution in [0.15, 0.2) is 66.7 Å². The minimum absolute atomic E-state index is 0.0258. The number of amides is 2. The Morgan fingerprint density at radius 2 is 1.79 bits per heavy atom. The first-order valence-electron chi connectivity index (χ1n) is 11.9. The standard InChI is InChI=1S/C29H30N2O3/c1-19-13-14-20-9-6-12-26(25(20)15-19)30-28(32)27-17-21-7-3-4-8-23(21)18-31(27)29(33)22-10-5-11-24(16-22)34-2/h3-5,7-8,10-11,13-16,26-27H,6,9,12,17-18H2,1-2H3,(H,30,32). The van der Waals surface area contributed by atoms with Crippen LogP contribution in [0.4, 0.5) is 0 Å². The molecular weight excluding hydrogens is 424 g/mol. The van der Waals surface area contributed by atoms with Gasteiger partial charge < -0.3 is 15.0 Å². The molecule has 5 heteroatoms. The maximum atomic E-state index is 13.7. The molecule has 3 aromatic carbocycles. The normalized spacial score (nSPS) is 19.1. The molecule has 0 saturated heterocycles. The number of benzene rings is 3. The van der Waals surface area contributed by atoms with E-state index in [1.807, 2.05) is 24.3 Å². The zero-order valence-electron chi connectivity index (χ0n) is 19.7. The zero-order valence-corrected chi connectivity index (χ0v) is 19.7. The Labute approximate surface area is 200 Å². The number of hydrogen-bond acceptors (Lipinski definition) is 3. The third-order valence-corrected chi connectivity index (χ3v) is 7.06. The van der Waals surface area contributed by atoms with E-state index in [2.05, 4.69) is 36.5 Å². The minimum Gasteiger partial charge on any atom is -0.497 e. The molecule has 5 rings (SSSR count). The van der Waals surface area contributed by atoms with Crippen molar-refractivity contribution in [3.05, 3.63) is 100 Å². The van der Waals surface area contributed by atoms with Gasteiger partial charge in [-0.3, -0.25) is 9.59 Å². The van der Waals surface area contributed by atoms with Crippen LogP contribution in [0.2, 0.25) is 0 Å². The summed E-state index contributed by atoms with van der Waals surface area (Å²) in [5.41, 5.74) is 6.44. The van der Waals surface area contributed by atoms with E-state index in [1.54, 1.807) is 30.2 Å². The Morgan fingerprint density at radius 3 is 2.62 bits per heavy atom. The van der Waals surface area contributed by atoms with Gasteiger partial charge in [-0.25, -0.2) is 0 Å². The van der Waals surface area contributed by atoms with Gasteiger partial charge in [0.15, 0.2) is 0 Å². The lowest BCUT2D eigenvalue weighted by molar-refractivity contribution is -0.127. The SMILES string of the molecule is COc1cccc(C(=O)N2Cc3ccccc3CC2C(=O)NC2CCCc3ccc(C)cc32)c1. The van der Waals surface area contributed by atoms with Gasteiger partial charge in [0.05, 0.1) is 13.2 Å². The predicted molar refractivity (Wildman–Crippen MR) is 132 cm³/mol. The largest absolute Gasteiger partial charge is 0.497 e. The van der Waals surface area contributed by atoms with Crippen molar-refractivity contribution in [2.24, 2.45) is 0 Å². The van der Waals surface area contributed by atoms with Gasteiger partial charge >= 0.3 is 0 Å². The molecule has 2 unspecified atom stereocenters. The summed E-state index contributed by atoms with van der Waals surface area (Å²) in [4.78, 5) is 29.0. The van der Waals surface area contributed by atoms with Gasteiger partial charge in [0.25, 0.3) is 5.91 Å². The number of hydrogen-bond donors (Lipinski definition) is 1. The summed E-state index contributed by atoms with van der Waals surface area (Å²) < 4.78 is 5.32. The van der Waals surface area contributed by atoms with E-state index in [1.165, 1.54) is 16.7 Å². The quantitative estimate of drug-likeness (QED) is 0.618. The van der Waals surface area contributed by atoms with Gasteiger partial charge in [-0.15, -0.1) is 0 Å². The van der Waals surface area contributed by atoms with Crippen molar-refractivity contribution in [2.75, 3.05) is 7.11 Å². The van der Waals surface area contributed by atoms with Crippen molar-refractivity contribution < 1.29 is 14.3 Å². The van der Waals surface area contributed by atoms with Crippen LogP contribution < -0.4 is 10.1 Å². The third-order valence-electron chi connectivity index (χ3n) is 7.06. The predicted octanol–water partition coefficient (Wildman–Crippen LogP) is 4.76. The van der Waals surface area contributed by atoms with Gasteiger partial charge in [0.1, 0.15) is 11.8 Å². The highest BCUT2D eigenvalue weighted by molar-refractivity contribution is 5.98. The molecule has 1 aliphatic heterocycles. The Kier molecular flexibility index (Phi) is 6.10. The molecule has 2 amide bonds. The average Bonchev–Trinajstić information content (AvgIpc) is 2.87. The van der Waals surface area contributed by atoms with E-state index in [-0.39, 0.29) is 17.9 Å². The van der Waals surface area contributed by atoms with Gasteiger partial charge in [-0.2, -0.15) is 0 Å². The first kappa shape index (κ1) is 22.2. The molecule has 5 nitrogen and oxygen atoms in total. The van der Waals surface area contributed by atoms with E-state index < -0.39 is 6.04 Å². The number of rotatable bonds is 4. The maximum Gasteiger partial charge on any atom is 0.254 e. The molecule has 2 aliphatic rings. The van der Waals surface area contributed by atoms with Crippen LogP contribution in [0.1, 0.15) is 57.1 Å². The number of methoxy groups -OCH3 is 1. The second kappa shape index (κ2) is 9.34. The Morgan fingerprint density at radius 1 is 0.971 bits per heavy atom. The van der Waals surface area contributed by atoms with Crippen molar-refractivity contribution in [3.63, 3.8) is 0 Å². The number of carbonyl (C=O) groups is 2. The maximum absolute atomic E-state index is 13.7. The van der Waals surface area contributed by atoms with Crippen molar-refractivity contribution in [1.82, 2.24) is 10.2 Å². The highest BCUT2D eigenvalue weighted by Crippen LogP contribution is 2.32. The number of fused-ring (bicyclic) bond motifs is 2. The fourth-order valence-corrected chi connectivity index (χ4v) is 5.23. The molecule has 3 aromatic rings. The molecule has 34 heavy (non-hydrogen) atoms. The molecule has 1 N–H and O–H groups in total. The smallest absolute Gasteiger partial charge is 0.254 e. The van der Waals surface area contributed by atoms with Crippen molar-refractivity contribution in [3.8, 4) is 5.75 Å². The van der Waals surface area contributed by atoms with E-state index >= 15 is 0 Å². The van der Waals surface area contributed by atoms with Gasteiger partial charge in [0, 0.05) is 18.5 Å². The molecule has 0 fully saturated rings. The first-order valence-corrected chi connectivity index (χ1v) is 11.9. The summed E-state index contributed by atoms with van der Waals surface area (Å²) in [5.74, 6) is 0.372. The molecule has 0 bridgehead atoms. The second-order valence-electron chi connectivity index (χ2n) is 9.31. The molecule has 1 heterocycles. The number of nitrogens with one attached hydrogen (secondary N) is 1. The third kappa shape index (κ3) is 4.30. The van der Waals surface area contributed by atoms with Crippen molar-refractivity contribution >= 4 is 11.8 Å². The fraction of sp³-hybridized carbons (Fsp3) is 0.310. The molecule has 0 aromatic heterocycles. The van der Waals surface area contributed by atoms with Crippen molar-refractivity contribution in [1.29, 1.82) is 0 Å². The minimum atomic E-state index is -0.566. The molecule has 0 radical (unpaired) electrons. The van der Waals surface area contributed by atoms with E-state index in [0.717, 1.165) is 30.4 Å². The molecule has 0 spiro atoms. The van der Waals surface area contributed by atoms with Crippen LogP contribution in [0.5, 0.6) is 5.75 Å². The average molecular weight is 455 g/mol. The fourth-order valence-electron chi connectivity index (χ4n) is 5.23. The monoisotopic (exact) mass is 454 g/mol. The lowest BCUT2D eigenvalue weighted by Gasteiger charge is -2.37. The van der Waals surface area contributed by atoms with Crippen molar-refractivity contribution in [2.45, 2.75) is 51.2 Å². The van der Waals surface area contributed by atoms with Gasteiger partial charge in [0.2, 0.25) is 5.91 Å². The lowest BCUT2D eigenvalue weighted by Crippen LogP contribution is -2.53. The summed E-state index contributed by atoms with van der Waals surface area (Å²) in [5, 5.41) is 3.30. The van der Waals surface area contributed by atoms with Gasteiger partial charge in [-0.05, 0) is 66.6 Å². The van der Waals surface area contributed by atoms with E-state index in [9.17, 15) is 9.59 Å². The molecule has 1 aliphatic carbocycles. The molecule has 2 atom stereocenters. The number of ether oxygens (including phenoxy) is 1. The second-order valence-corrected chi connectivity index (χ2v) is 9.31.